The molecule has 138 valence electrons. The number of carbonyl (C=O) groups excluding carboxylic acids is 2. The summed E-state index contributed by atoms with van der Waals surface area (Å²) in [5, 5.41) is 3.28. The first kappa shape index (κ1) is 19.7. The molecular formula is C19H28ClN3O2. The third-order valence-electron chi connectivity index (χ3n) is 5.16. The summed E-state index contributed by atoms with van der Waals surface area (Å²) in [5.74, 6) is 0.169. The zero-order valence-corrected chi connectivity index (χ0v) is 15.6. The number of likely N-dealkylation sites (tertiary alicyclic amines) is 2. The molecule has 3 rings (SSSR count). The summed E-state index contributed by atoms with van der Waals surface area (Å²) < 4.78 is 0. The zero-order chi connectivity index (χ0) is 16.9. The fourth-order valence-electron chi connectivity index (χ4n) is 3.78. The van der Waals surface area contributed by atoms with Crippen molar-refractivity contribution < 1.29 is 9.59 Å². The molecule has 0 saturated carbocycles. The first-order valence-corrected chi connectivity index (χ1v) is 9.01. The molecule has 2 fully saturated rings. The normalized spacial score (nSPS) is 22.3. The van der Waals surface area contributed by atoms with E-state index in [2.05, 4.69) is 5.32 Å². The molecule has 1 N–H and O–H groups in total. The molecule has 2 heterocycles. The summed E-state index contributed by atoms with van der Waals surface area (Å²) in [7, 11) is 1.95. The van der Waals surface area contributed by atoms with Crippen LogP contribution in [-0.2, 0) is 9.59 Å². The molecule has 2 aliphatic rings. The van der Waals surface area contributed by atoms with E-state index in [4.69, 9.17) is 0 Å². The third kappa shape index (κ3) is 4.53. The van der Waals surface area contributed by atoms with Crippen molar-refractivity contribution in [3.63, 3.8) is 0 Å². The Hall–Kier alpha value is -1.59. The van der Waals surface area contributed by atoms with Crippen LogP contribution in [0.1, 0.15) is 43.7 Å². The molecule has 2 atom stereocenters. The van der Waals surface area contributed by atoms with Crippen LogP contribution in [0.4, 0.5) is 0 Å². The van der Waals surface area contributed by atoms with E-state index in [-0.39, 0.29) is 24.2 Å². The predicted octanol–water partition coefficient (Wildman–Crippen LogP) is 2.37. The zero-order valence-electron chi connectivity index (χ0n) is 14.8. The van der Waals surface area contributed by atoms with E-state index >= 15 is 0 Å². The lowest BCUT2D eigenvalue weighted by atomic mass is 9.98. The summed E-state index contributed by atoms with van der Waals surface area (Å²) in [6, 6.07) is 9.62. The highest BCUT2D eigenvalue weighted by Crippen LogP contribution is 2.28. The van der Waals surface area contributed by atoms with E-state index < -0.39 is 6.04 Å². The molecule has 1 aromatic carbocycles. The average Bonchev–Trinajstić information content (AvgIpc) is 2.64. The summed E-state index contributed by atoms with van der Waals surface area (Å²) in [4.78, 5) is 29.5. The number of amides is 2. The standard InChI is InChI=1S/C19H27N3O2.ClH/c1-20-16-10-7-12-21(14-16)19(24)18(15-8-3-2-4-9-15)22-13-6-5-11-17(22)23;/h2-4,8-9,16,18,20H,5-7,10-14H2,1H3;1H. The van der Waals surface area contributed by atoms with Crippen molar-refractivity contribution in [1.29, 1.82) is 0 Å². The number of rotatable bonds is 4. The number of carbonyl (C=O) groups is 2. The molecule has 0 aliphatic carbocycles. The molecule has 2 aliphatic heterocycles. The molecule has 1 aromatic rings. The first-order chi connectivity index (χ1) is 11.7. The average molecular weight is 366 g/mol. The molecule has 0 radical (unpaired) electrons. The van der Waals surface area contributed by atoms with E-state index in [1.165, 1.54) is 0 Å². The summed E-state index contributed by atoms with van der Waals surface area (Å²) in [6.07, 6.45) is 4.56. The van der Waals surface area contributed by atoms with Crippen molar-refractivity contribution in [1.82, 2.24) is 15.1 Å². The minimum absolute atomic E-state index is 0. The van der Waals surface area contributed by atoms with E-state index in [1.54, 1.807) is 4.90 Å². The van der Waals surface area contributed by atoms with Crippen molar-refractivity contribution in [2.24, 2.45) is 0 Å². The number of likely N-dealkylation sites (N-methyl/N-ethyl adjacent to an activating group) is 1. The van der Waals surface area contributed by atoms with Gasteiger partial charge >= 0.3 is 0 Å². The quantitative estimate of drug-likeness (QED) is 0.891. The Bertz CT molecular complexity index is 581. The van der Waals surface area contributed by atoms with Crippen molar-refractivity contribution >= 4 is 24.2 Å². The lowest BCUT2D eigenvalue weighted by molar-refractivity contribution is -0.148. The van der Waals surface area contributed by atoms with Crippen molar-refractivity contribution in [2.75, 3.05) is 26.7 Å². The summed E-state index contributed by atoms with van der Waals surface area (Å²) in [6.45, 7) is 2.18. The van der Waals surface area contributed by atoms with Crippen LogP contribution in [-0.4, -0.2) is 54.3 Å². The van der Waals surface area contributed by atoms with Crippen LogP contribution in [0.3, 0.4) is 0 Å². The van der Waals surface area contributed by atoms with Gasteiger partial charge in [-0.1, -0.05) is 30.3 Å². The Morgan fingerprint density at radius 2 is 1.92 bits per heavy atom. The van der Waals surface area contributed by atoms with Gasteiger partial charge in [-0.3, -0.25) is 9.59 Å². The van der Waals surface area contributed by atoms with E-state index in [9.17, 15) is 9.59 Å². The summed E-state index contributed by atoms with van der Waals surface area (Å²) in [5.41, 5.74) is 0.921. The number of benzene rings is 1. The highest BCUT2D eigenvalue weighted by molar-refractivity contribution is 5.89. The molecule has 2 amide bonds. The number of piperidine rings is 2. The highest BCUT2D eigenvalue weighted by Gasteiger charge is 2.36. The van der Waals surface area contributed by atoms with E-state index in [0.29, 0.717) is 19.0 Å². The largest absolute Gasteiger partial charge is 0.339 e. The maximum Gasteiger partial charge on any atom is 0.250 e. The van der Waals surface area contributed by atoms with Gasteiger partial charge in [0, 0.05) is 32.1 Å². The molecule has 0 bridgehead atoms. The maximum absolute atomic E-state index is 13.3. The molecule has 0 spiro atoms. The van der Waals surface area contributed by atoms with Crippen LogP contribution in [0.25, 0.3) is 0 Å². The van der Waals surface area contributed by atoms with Gasteiger partial charge in [-0.15, -0.1) is 12.4 Å². The summed E-state index contributed by atoms with van der Waals surface area (Å²) >= 11 is 0. The fourth-order valence-corrected chi connectivity index (χ4v) is 3.78. The highest BCUT2D eigenvalue weighted by atomic mass is 35.5. The third-order valence-corrected chi connectivity index (χ3v) is 5.16. The monoisotopic (exact) mass is 365 g/mol. The number of nitrogens with zero attached hydrogens (tertiary/aromatic N) is 2. The molecular weight excluding hydrogens is 338 g/mol. The van der Waals surface area contributed by atoms with Crippen molar-refractivity contribution in [3.8, 4) is 0 Å². The van der Waals surface area contributed by atoms with Crippen molar-refractivity contribution in [3.05, 3.63) is 35.9 Å². The number of nitrogens with one attached hydrogen (secondary N) is 1. The van der Waals surface area contributed by atoms with Crippen LogP contribution in [0.15, 0.2) is 30.3 Å². The Kier molecular flexibility index (Phi) is 7.26. The molecule has 2 saturated heterocycles. The molecule has 0 aromatic heterocycles. The first-order valence-electron chi connectivity index (χ1n) is 9.01. The van der Waals surface area contributed by atoms with Crippen LogP contribution in [0.2, 0.25) is 0 Å². The van der Waals surface area contributed by atoms with Gasteiger partial charge < -0.3 is 15.1 Å². The second kappa shape index (κ2) is 9.20. The Morgan fingerprint density at radius 3 is 2.60 bits per heavy atom. The second-order valence-electron chi connectivity index (χ2n) is 6.77. The van der Waals surface area contributed by atoms with Crippen molar-refractivity contribution in [2.45, 2.75) is 44.2 Å². The Labute approximate surface area is 156 Å². The van der Waals surface area contributed by atoms with Gasteiger partial charge in [0.05, 0.1) is 0 Å². The van der Waals surface area contributed by atoms with Gasteiger partial charge in [0.1, 0.15) is 6.04 Å². The predicted molar refractivity (Wildman–Crippen MR) is 101 cm³/mol. The van der Waals surface area contributed by atoms with Gasteiger partial charge in [-0.2, -0.15) is 0 Å². The van der Waals surface area contributed by atoms with E-state index in [1.807, 2.05) is 42.3 Å². The topological polar surface area (TPSA) is 52.7 Å². The second-order valence-corrected chi connectivity index (χ2v) is 6.77. The van der Waals surface area contributed by atoms with Crippen LogP contribution < -0.4 is 5.32 Å². The SMILES string of the molecule is CNC1CCCN(C(=O)C(c2ccccc2)N2CCCCC2=O)C1.Cl. The Morgan fingerprint density at radius 1 is 1.16 bits per heavy atom. The molecule has 25 heavy (non-hydrogen) atoms. The minimum Gasteiger partial charge on any atom is -0.339 e. The van der Waals surface area contributed by atoms with E-state index in [0.717, 1.165) is 44.3 Å². The number of hydrogen-bond donors (Lipinski definition) is 1. The molecule has 5 nitrogen and oxygen atoms in total. The van der Waals surface area contributed by atoms with Gasteiger partial charge in [0.25, 0.3) is 0 Å². The lowest BCUT2D eigenvalue weighted by Crippen LogP contribution is -2.52. The van der Waals surface area contributed by atoms with Crippen LogP contribution >= 0.6 is 12.4 Å². The van der Waals surface area contributed by atoms with Crippen LogP contribution in [0, 0.1) is 0 Å². The van der Waals surface area contributed by atoms with Gasteiger partial charge in [-0.25, -0.2) is 0 Å². The minimum atomic E-state index is -0.477. The maximum atomic E-state index is 13.3. The number of halogens is 1. The number of hydrogen-bond acceptors (Lipinski definition) is 3. The lowest BCUT2D eigenvalue weighted by Gasteiger charge is -2.39. The molecule has 6 heteroatoms. The van der Waals surface area contributed by atoms with Gasteiger partial charge in [0.2, 0.25) is 11.8 Å². The van der Waals surface area contributed by atoms with Gasteiger partial charge in [0.15, 0.2) is 0 Å². The fraction of sp³-hybridized carbons (Fsp3) is 0.579. The smallest absolute Gasteiger partial charge is 0.250 e. The molecule has 2 unspecified atom stereocenters. The van der Waals surface area contributed by atoms with Gasteiger partial charge in [-0.05, 0) is 38.3 Å². The Balaban J connectivity index is 0.00000225. The van der Waals surface area contributed by atoms with Crippen LogP contribution in [0.5, 0.6) is 0 Å².